The van der Waals surface area contributed by atoms with E-state index in [-0.39, 0.29) is 67.4 Å². The first-order valence-electron chi connectivity index (χ1n) is 25.5. The Labute approximate surface area is 426 Å². The first kappa shape index (κ1) is 55.2. The Hall–Kier alpha value is -6.13. The van der Waals surface area contributed by atoms with Gasteiger partial charge >= 0.3 is 0 Å². The van der Waals surface area contributed by atoms with E-state index in [0.29, 0.717) is 6.42 Å². The lowest BCUT2D eigenvalue weighted by atomic mass is 9.83. The van der Waals surface area contributed by atoms with Crippen LogP contribution >= 0.6 is 0 Å². The molecule has 2 aliphatic heterocycles. The number of rotatable bonds is 16. The van der Waals surface area contributed by atoms with Crippen LogP contribution in [0, 0.1) is 10.8 Å². The molecule has 390 valence electrons. The van der Waals surface area contributed by atoms with E-state index in [1.54, 1.807) is 46.9 Å². The van der Waals surface area contributed by atoms with E-state index < -0.39 is 64.9 Å². The Morgan fingerprint density at radius 1 is 0.681 bits per heavy atom. The molecule has 6 N–H and O–H groups in total. The molecule has 9 atom stereocenters. The minimum Gasteiger partial charge on any atom is -0.347 e. The average molecular weight is 990 g/mol. The van der Waals surface area contributed by atoms with Crippen molar-refractivity contribution in [3.8, 4) is 0 Å². The summed E-state index contributed by atoms with van der Waals surface area (Å²) in [6.45, 7) is 14.9. The smallest absolute Gasteiger partial charge is 0.246 e. The number of amides is 7. The van der Waals surface area contributed by atoms with Gasteiger partial charge in [0.25, 0.3) is 0 Å². The second kappa shape index (κ2) is 23.2. The van der Waals surface area contributed by atoms with Crippen LogP contribution in [0.4, 0.5) is 0 Å². The van der Waals surface area contributed by atoms with Crippen molar-refractivity contribution in [1.29, 1.82) is 0 Å². The van der Waals surface area contributed by atoms with Crippen LogP contribution in [0.15, 0.2) is 72.8 Å². The molecule has 16 heteroatoms. The predicted molar refractivity (Wildman–Crippen MR) is 278 cm³/mol. The molecule has 3 aliphatic rings. The van der Waals surface area contributed by atoms with E-state index >= 15 is 4.79 Å². The molecule has 1 saturated heterocycles. The lowest BCUT2D eigenvalue weighted by Crippen LogP contribution is -2.63. The molecular formula is C56H79N9O7. The number of aryl methyl sites for hydroxylation is 1. The minimum atomic E-state index is -1.04. The van der Waals surface area contributed by atoms with Crippen molar-refractivity contribution < 1.29 is 33.6 Å². The summed E-state index contributed by atoms with van der Waals surface area (Å²) in [5, 5.41) is 18.2. The third-order valence-electron chi connectivity index (χ3n) is 14.8. The largest absolute Gasteiger partial charge is 0.347 e. The van der Waals surface area contributed by atoms with Gasteiger partial charge < -0.3 is 46.6 Å². The predicted octanol–water partition coefficient (Wildman–Crippen LogP) is 3.91. The summed E-state index contributed by atoms with van der Waals surface area (Å²) in [6.07, 6.45) is 3.27. The number of hydrogen-bond acceptors (Lipinski definition) is 9. The van der Waals surface area contributed by atoms with Crippen LogP contribution < -0.4 is 31.9 Å². The molecule has 0 radical (unpaired) electrons. The molecule has 0 bridgehead atoms. The highest BCUT2D eigenvalue weighted by atomic mass is 16.2. The van der Waals surface area contributed by atoms with E-state index in [9.17, 15) is 28.8 Å². The molecular weight excluding hydrogens is 911 g/mol. The molecule has 72 heavy (non-hydrogen) atoms. The van der Waals surface area contributed by atoms with Crippen molar-refractivity contribution in [3.05, 3.63) is 106 Å². The molecule has 6 rings (SSSR count). The minimum absolute atomic E-state index is 0.0112. The highest BCUT2D eigenvalue weighted by Crippen LogP contribution is 2.38. The van der Waals surface area contributed by atoms with E-state index in [4.69, 9.17) is 0 Å². The summed E-state index contributed by atoms with van der Waals surface area (Å²) in [7, 11) is 6.61. The molecule has 7 amide bonds. The Balaban J connectivity index is 1.37. The molecule has 1 fully saturated rings. The van der Waals surface area contributed by atoms with Crippen molar-refractivity contribution in [2.45, 2.75) is 155 Å². The summed E-state index contributed by atoms with van der Waals surface area (Å²) >= 11 is 0. The van der Waals surface area contributed by atoms with Crippen LogP contribution in [0.3, 0.4) is 0 Å². The van der Waals surface area contributed by atoms with Gasteiger partial charge in [0.1, 0.15) is 30.2 Å². The van der Waals surface area contributed by atoms with Crippen molar-refractivity contribution in [2.75, 3.05) is 34.7 Å². The summed E-state index contributed by atoms with van der Waals surface area (Å²) in [5.41, 5.74) is 4.10. The molecule has 0 spiro atoms. The van der Waals surface area contributed by atoms with Gasteiger partial charge in [-0.3, -0.25) is 33.6 Å². The first-order chi connectivity index (χ1) is 33.9. The summed E-state index contributed by atoms with van der Waals surface area (Å²) < 4.78 is 0. The van der Waals surface area contributed by atoms with Crippen LogP contribution in [0.2, 0.25) is 0 Å². The fraction of sp³-hybridized carbons (Fsp3) is 0.554. The molecule has 0 aromatic heterocycles. The number of carbonyl (C=O) groups excluding carboxylic acids is 7. The number of carbonyl (C=O) groups is 7. The van der Waals surface area contributed by atoms with Gasteiger partial charge in [-0.1, -0.05) is 114 Å². The number of fused-ring (bicyclic) bond motifs is 2. The van der Waals surface area contributed by atoms with Crippen LogP contribution in [-0.4, -0.2) is 133 Å². The molecule has 1 aliphatic carbocycles. The topological polar surface area (TPSA) is 201 Å². The molecule has 3 aromatic carbocycles. The van der Waals surface area contributed by atoms with Crippen LogP contribution in [0.1, 0.15) is 120 Å². The maximum atomic E-state index is 15.1. The highest BCUT2D eigenvalue weighted by molar-refractivity contribution is 5.96. The van der Waals surface area contributed by atoms with Gasteiger partial charge in [-0.15, -0.1) is 0 Å². The quantitative estimate of drug-likeness (QED) is 0.123. The van der Waals surface area contributed by atoms with Crippen molar-refractivity contribution in [1.82, 2.24) is 46.6 Å². The third-order valence-corrected chi connectivity index (χ3v) is 14.8. The Morgan fingerprint density at radius 2 is 1.26 bits per heavy atom. The molecule has 16 nitrogen and oxygen atoms in total. The fourth-order valence-corrected chi connectivity index (χ4v) is 10.1. The zero-order valence-electron chi connectivity index (χ0n) is 44.5. The second-order valence-corrected chi connectivity index (χ2v) is 22.4. The summed E-state index contributed by atoms with van der Waals surface area (Å²) in [4.78, 5) is 105. The Kier molecular flexibility index (Phi) is 17.8. The molecule has 0 saturated carbocycles. The fourth-order valence-electron chi connectivity index (χ4n) is 10.1. The van der Waals surface area contributed by atoms with Gasteiger partial charge in [-0.2, -0.15) is 0 Å². The summed E-state index contributed by atoms with van der Waals surface area (Å²) in [5.74, 6) is -2.88. The van der Waals surface area contributed by atoms with Gasteiger partial charge in [0.2, 0.25) is 41.4 Å². The van der Waals surface area contributed by atoms with Gasteiger partial charge in [-0.05, 0) is 97.8 Å². The Bertz CT molecular complexity index is 2470. The first-order valence-corrected chi connectivity index (χ1v) is 25.5. The third kappa shape index (κ3) is 12.9. The number of likely N-dealkylation sites (N-methyl/N-ethyl adjacent to an activating group) is 3. The van der Waals surface area contributed by atoms with E-state index in [2.05, 4.69) is 44.0 Å². The maximum Gasteiger partial charge on any atom is 0.246 e. The Morgan fingerprint density at radius 3 is 1.85 bits per heavy atom. The van der Waals surface area contributed by atoms with E-state index in [0.717, 1.165) is 47.1 Å². The molecule has 2 heterocycles. The van der Waals surface area contributed by atoms with Gasteiger partial charge in [0.15, 0.2) is 0 Å². The zero-order valence-corrected chi connectivity index (χ0v) is 44.5. The number of hydrogen-bond donors (Lipinski definition) is 6. The standard InChI is InChI=1S/C56H79N9O7/c1-33(57-9)48(66)61-46(55(3,4)5)53(71)64-31-39-28-37(25-26-38(39)29-44(64)51(69)60-43(52(70)63(11)12)27-35-19-14-13-15-20-35)40-30-45(50(68)59-42-24-18-22-36-21-16-17-23-41(36)42)65(32-40)54(72)47(56(6,7)8)62-49(67)34(2)58-10/h13-17,19-21,23,25-26,28,33-34,40,42-47,57-58H,18,22,24,27,29-32H2,1-12H3,(H,59,68)(H,60,69)(H,61,66)(H,62,67)/t33-,34-,40?,42?,43?,44?,45-,46?,47+/m0/s1. The monoisotopic (exact) mass is 990 g/mol. The number of nitrogens with zero attached hydrogens (tertiary/aromatic N) is 3. The molecule has 3 aromatic rings. The number of likely N-dealkylation sites (tertiary alicyclic amines) is 1. The van der Waals surface area contributed by atoms with Gasteiger partial charge in [0, 0.05) is 45.9 Å². The number of benzene rings is 3. The average Bonchev–Trinajstić information content (AvgIpc) is 3.81. The zero-order chi connectivity index (χ0) is 52.8. The van der Waals surface area contributed by atoms with Crippen molar-refractivity contribution >= 4 is 41.4 Å². The van der Waals surface area contributed by atoms with Gasteiger partial charge in [0.05, 0.1) is 18.1 Å². The normalized spacial score (nSPS) is 20.9. The summed E-state index contributed by atoms with van der Waals surface area (Å²) in [6, 6.07) is 17.3. The van der Waals surface area contributed by atoms with Crippen LogP contribution in [-0.2, 0) is 59.4 Å². The lowest BCUT2D eigenvalue weighted by molar-refractivity contribution is -0.148. The lowest BCUT2D eigenvalue weighted by Gasteiger charge is -2.41. The second-order valence-electron chi connectivity index (χ2n) is 22.4. The van der Waals surface area contributed by atoms with Crippen LogP contribution in [0.25, 0.3) is 0 Å². The van der Waals surface area contributed by atoms with E-state index in [1.807, 2.05) is 102 Å². The molecule has 5 unspecified atom stereocenters. The van der Waals surface area contributed by atoms with Crippen molar-refractivity contribution in [2.24, 2.45) is 10.8 Å². The van der Waals surface area contributed by atoms with Crippen LogP contribution in [0.5, 0.6) is 0 Å². The number of nitrogens with one attached hydrogen (secondary N) is 6. The van der Waals surface area contributed by atoms with Crippen molar-refractivity contribution in [3.63, 3.8) is 0 Å². The van der Waals surface area contributed by atoms with Gasteiger partial charge in [-0.25, -0.2) is 0 Å². The SMILES string of the molecule is CN[C@@H](C)C(=O)NC(C(=O)N1Cc2cc(C3C[C@@H](C(=O)NC4CCCc5ccccc54)N(C(=O)[C@@H](NC(=O)[C@H](C)NC)C(C)(C)C)C3)ccc2CC1C(=O)NC(Cc1ccccc1)C(=O)N(C)C)C(C)(C)C. The highest BCUT2D eigenvalue weighted by Gasteiger charge is 2.47. The van der Waals surface area contributed by atoms with E-state index in [1.165, 1.54) is 15.4 Å². The maximum absolute atomic E-state index is 15.1.